The zero-order valence-corrected chi connectivity index (χ0v) is 28.8. The molecule has 4 N–H and O–H groups in total. The second-order valence-electron chi connectivity index (χ2n) is 12.0. The molecular formula is C44H40N6. The molecule has 0 bridgehead atoms. The number of nitrogens with one attached hydrogen (secondary N) is 4. The zero-order chi connectivity index (χ0) is 34.5. The molecule has 1 heterocycles. The molecule has 0 spiro atoms. The van der Waals surface area contributed by atoms with E-state index in [2.05, 4.69) is 155 Å². The van der Waals surface area contributed by atoms with Gasteiger partial charge >= 0.3 is 0 Å². The number of rotatable bonds is 10. The molecule has 246 valence electrons. The number of aromatic nitrogens is 2. The van der Waals surface area contributed by atoms with Crippen molar-refractivity contribution < 1.29 is 0 Å². The van der Waals surface area contributed by atoms with Crippen LogP contribution in [0.5, 0.6) is 0 Å². The third-order valence-corrected chi connectivity index (χ3v) is 9.08. The van der Waals surface area contributed by atoms with Gasteiger partial charge in [0.05, 0.1) is 22.8 Å². The van der Waals surface area contributed by atoms with Gasteiger partial charge in [-0.25, -0.2) is 9.97 Å². The fourth-order valence-electron chi connectivity index (χ4n) is 6.36. The first-order valence-corrected chi connectivity index (χ1v) is 16.8. The Morgan fingerprint density at radius 3 is 0.960 bits per heavy atom. The maximum atomic E-state index is 5.46. The SMILES string of the molecule is CNc1ccc(NC)c(-c2ccc(-c3nc(-c4ccccc4)c(-c4ccc(-c5cc(NC)ccc5NC)cc4)nc3-c3ccccc3)cc2)c1. The molecule has 0 atom stereocenters. The van der Waals surface area contributed by atoms with Crippen LogP contribution in [0.25, 0.3) is 67.3 Å². The molecule has 0 fully saturated rings. The summed E-state index contributed by atoms with van der Waals surface area (Å²) in [4.78, 5) is 10.9. The Balaban J connectivity index is 1.39. The van der Waals surface area contributed by atoms with Gasteiger partial charge in [0.25, 0.3) is 0 Å². The summed E-state index contributed by atoms with van der Waals surface area (Å²) in [6.45, 7) is 0. The van der Waals surface area contributed by atoms with Crippen LogP contribution in [0.4, 0.5) is 22.7 Å². The normalized spacial score (nSPS) is 10.8. The second-order valence-corrected chi connectivity index (χ2v) is 12.0. The van der Waals surface area contributed by atoms with Crippen molar-refractivity contribution in [2.45, 2.75) is 0 Å². The second kappa shape index (κ2) is 14.4. The van der Waals surface area contributed by atoms with Crippen LogP contribution < -0.4 is 21.3 Å². The Hall–Kier alpha value is -6.40. The van der Waals surface area contributed by atoms with Gasteiger partial charge in [-0.3, -0.25) is 0 Å². The quantitative estimate of drug-likeness (QED) is 0.118. The first kappa shape index (κ1) is 32.2. The van der Waals surface area contributed by atoms with Crippen molar-refractivity contribution >= 4 is 22.7 Å². The summed E-state index contributed by atoms with van der Waals surface area (Å²) in [6.07, 6.45) is 0. The molecule has 0 unspecified atom stereocenters. The topological polar surface area (TPSA) is 73.9 Å². The lowest BCUT2D eigenvalue weighted by atomic mass is 9.96. The van der Waals surface area contributed by atoms with Gasteiger partial charge in [-0.05, 0) is 47.5 Å². The third-order valence-electron chi connectivity index (χ3n) is 9.08. The number of benzene rings is 6. The Bertz CT molecular complexity index is 2070. The van der Waals surface area contributed by atoms with E-state index < -0.39 is 0 Å². The van der Waals surface area contributed by atoms with Gasteiger partial charge in [-0.15, -0.1) is 0 Å². The molecule has 1 aromatic heterocycles. The van der Waals surface area contributed by atoms with Crippen molar-refractivity contribution in [1.82, 2.24) is 9.97 Å². The molecule has 7 aromatic rings. The van der Waals surface area contributed by atoms with E-state index in [4.69, 9.17) is 9.97 Å². The molecular weight excluding hydrogens is 613 g/mol. The highest BCUT2D eigenvalue weighted by molar-refractivity contribution is 5.89. The fourth-order valence-corrected chi connectivity index (χ4v) is 6.36. The Morgan fingerprint density at radius 1 is 0.320 bits per heavy atom. The van der Waals surface area contributed by atoms with E-state index in [1.54, 1.807) is 0 Å². The first-order chi connectivity index (χ1) is 24.6. The molecule has 0 aliphatic heterocycles. The summed E-state index contributed by atoms with van der Waals surface area (Å²) < 4.78 is 0. The van der Waals surface area contributed by atoms with E-state index >= 15 is 0 Å². The lowest BCUT2D eigenvalue weighted by Crippen LogP contribution is -2.01. The number of hydrogen-bond donors (Lipinski definition) is 4. The molecule has 7 rings (SSSR count). The minimum absolute atomic E-state index is 0.835. The molecule has 6 nitrogen and oxygen atoms in total. The van der Waals surface area contributed by atoms with E-state index in [1.165, 1.54) is 0 Å². The molecule has 6 aromatic carbocycles. The third kappa shape index (κ3) is 6.39. The van der Waals surface area contributed by atoms with Gasteiger partial charge in [0, 0.05) is 84.3 Å². The smallest absolute Gasteiger partial charge is 0.0973 e. The predicted molar refractivity (Wildman–Crippen MR) is 213 cm³/mol. The first-order valence-electron chi connectivity index (χ1n) is 16.8. The van der Waals surface area contributed by atoms with Gasteiger partial charge in [0.15, 0.2) is 0 Å². The largest absolute Gasteiger partial charge is 0.388 e. The molecule has 0 radical (unpaired) electrons. The standard InChI is InChI=1S/C44H40N6/c1-45-35-23-25-39(47-3)37(27-35)29-15-19-33(20-16-29)43-41(31-11-7-5-8-12-31)50-44(42(49-43)32-13-9-6-10-14-32)34-21-17-30(18-22-34)38-28-36(46-2)24-26-40(38)48-4/h5-28,45-48H,1-4H3. The maximum absolute atomic E-state index is 5.46. The van der Waals surface area contributed by atoms with Crippen LogP contribution >= 0.6 is 0 Å². The van der Waals surface area contributed by atoms with Crippen LogP contribution in [0.2, 0.25) is 0 Å². The lowest BCUT2D eigenvalue weighted by molar-refractivity contribution is 1.21. The molecule has 0 aliphatic rings. The van der Waals surface area contributed by atoms with Crippen LogP contribution in [0.15, 0.2) is 146 Å². The van der Waals surface area contributed by atoms with Crippen LogP contribution in [0.1, 0.15) is 0 Å². The average Bonchev–Trinajstić information content (AvgIpc) is 3.20. The summed E-state index contributed by atoms with van der Waals surface area (Å²) in [7, 11) is 7.79. The highest BCUT2D eigenvalue weighted by atomic mass is 14.9. The molecule has 0 saturated heterocycles. The van der Waals surface area contributed by atoms with Gasteiger partial charge < -0.3 is 21.3 Å². The fraction of sp³-hybridized carbons (Fsp3) is 0.0909. The van der Waals surface area contributed by atoms with Gasteiger partial charge in [-0.1, -0.05) is 109 Å². The lowest BCUT2D eigenvalue weighted by Gasteiger charge is -2.17. The van der Waals surface area contributed by atoms with Crippen molar-refractivity contribution in [2.24, 2.45) is 0 Å². The molecule has 0 aliphatic carbocycles. The van der Waals surface area contributed by atoms with E-state index in [0.29, 0.717) is 0 Å². The predicted octanol–water partition coefficient (Wildman–Crippen LogP) is 10.6. The van der Waals surface area contributed by atoms with Crippen molar-refractivity contribution in [3.63, 3.8) is 0 Å². The van der Waals surface area contributed by atoms with E-state index in [1.807, 2.05) is 40.3 Å². The van der Waals surface area contributed by atoms with Crippen LogP contribution in [0.3, 0.4) is 0 Å². The number of hydrogen-bond acceptors (Lipinski definition) is 6. The van der Waals surface area contributed by atoms with Crippen LogP contribution in [-0.4, -0.2) is 38.2 Å². The summed E-state index contributed by atoms with van der Waals surface area (Å²) >= 11 is 0. The van der Waals surface area contributed by atoms with Crippen molar-refractivity contribution in [3.8, 4) is 67.3 Å². The van der Waals surface area contributed by atoms with Gasteiger partial charge in [-0.2, -0.15) is 0 Å². The van der Waals surface area contributed by atoms with E-state index in [0.717, 1.165) is 90.0 Å². The Morgan fingerprint density at radius 2 is 0.640 bits per heavy atom. The summed E-state index contributed by atoms with van der Waals surface area (Å²) in [5, 5.41) is 13.2. The highest BCUT2D eigenvalue weighted by Crippen LogP contribution is 2.39. The van der Waals surface area contributed by atoms with Crippen molar-refractivity contribution in [3.05, 3.63) is 146 Å². The summed E-state index contributed by atoms with van der Waals surface area (Å²) in [5.74, 6) is 0. The van der Waals surface area contributed by atoms with Gasteiger partial charge in [0.2, 0.25) is 0 Å². The summed E-state index contributed by atoms with van der Waals surface area (Å²) in [6, 6.07) is 50.6. The van der Waals surface area contributed by atoms with Crippen LogP contribution in [0, 0.1) is 0 Å². The van der Waals surface area contributed by atoms with Gasteiger partial charge in [0.1, 0.15) is 0 Å². The number of nitrogens with zero attached hydrogens (tertiary/aromatic N) is 2. The molecule has 0 amide bonds. The minimum Gasteiger partial charge on any atom is -0.388 e. The summed E-state index contributed by atoms with van der Waals surface area (Å²) in [5.41, 5.74) is 16.1. The zero-order valence-electron chi connectivity index (χ0n) is 28.8. The molecule has 6 heteroatoms. The van der Waals surface area contributed by atoms with Crippen LogP contribution in [-0.2, 0) is 0 Å². The monoisotopic (exact) mass is 652 g/mol. The van der Waals surface area contributed by atoms with Crippen molar-refractivity contribution in [1.29, 1.82) is 0 Å². The average molecular weight is 653 g/mol. The Labute approximate surface area is 294 Å². The molecule has 50 heavy (non-hydrogen) atoms. The van der Waals surface area contributed by atoms with E-state index in [-0.39, 0.29) is 0 Å². The number of anilines is 4. The van der Waals surface area contributed by atoms with Crippen molar-refractivity contribution in [2.75, 3.05) is 49.5 Å². The minimum atomic E-state index is 0.835. The maximum Gasteiger partial charge on any atom is 0.0973 e. The molecule has 0 saturated carbocycles. The highest BCUT2D eigenvalue weighted by Gasteiger charge is 2.20. The Kier molecular flexibility index (Phi) is 9.25. The van der Waals surface area contributed by atoms with E-state index in [9.17, 15) is 0 Å².